The van der Waals surface area contributed by atoms with Crippen molar-refractivity contribution in [1.29, 1.82) is 0 Å². The minimum absolute atomic E-state index is 0.124. The predicted molar refractivity (Wildman–Crippen MR) is 147 cm³/mol. The number of phenols is 1. The van der Waals surface area contributed by atoms with Crippen molar-refractivity contribution in [3.05, 3.63) is 70.8 Å². The van der Waals surface area contributed by atoms with Crippen molar-refractivity contribution in [2.45, 2.75) is 65.5 Å². The molecule has 6 heteroatoms. The van der Waals surface area contributed by atoms with Gasteiger partial charge in [-0.1, -0.05) is 12.1 Å². The second kappa shape index (κ2) is 8.94. The number of aliphatic imine (C=N–C) groups is 1. The number of benzene rings is 3. The SMILES string of the molecule is CCOc1cc2c(c3c1OC(C)(C)C3)C(c1ccc(O)c(-c3ccc(NC(C)=O)cc3)c1)=NC(C)(C)C2. The molecule has 0 bridgehead atoms. The number of fused-ring (bicyclic) bond motifs is 3. The summed E-state index contributed by atoms with van der Waals surface area (Å²) < 4.78 is 12.4. The number of aromatic hydroxyl groups is 1. The average molecular weight is 499 g/mol. The molecule has 3 aromatic carbocycles. The Balaban J connectivity index is 1.65. The van der Waals surface area contributed by atoms with Crippen LogP contribution in [-0.4, -0.2) is 34.5 Å². The summed E-state index contributed by atoms with van der Waals surface area (Å²) in [7, 11) is 0. The minimum atomic E-state index is -0.336. The number of phenolic OH excluding ortho intramolecular Hbond substituents is 1. The first-order valence-electron chi connectivity index (χ1n) is 12.8. The van der Waals surface area contributed by atoms with Crippen molar-refractivity contribution >= 4 is 17.3 Å². The first kappa shape index (κ1) is 24.9. The van der Waals surface area contributed by atoms with Crippen LogP contribution < -0.4 is 14.8 Å². The van der Waals surface area contributed by atoms with Crippen molar-refractivity contribution in [2.24, 2.45) is 4.99 Å². The number of nitrogens with one attached hydrogen (secondary N) is 1. The lowest BCUT2D eigenvalue weighted by molar-refractivity contribution is -0.114. The Kier molecular flexibility index (Phi) is 6.01. The quantitative estimate of drug-likeness (QED) is 0.433. The van der Waals surface area contributed by atoms with Gasteiger partial charge in [0.1, 0.15) is 11.4 Å². The molecule has 6 nitrogen and oxygen atoms in total. The number of rotatable bonds is 5. The zero-order valence-electron chi connectivity index (χ0n) is 22.4. The van der Waals surface area contributed by atoms with Crippen molar-refractivity contribution < 1.29 is 19.4 Å². The van der Waals surface area contributed by atoms with Crippen LogP contribution in [0.25, 0.3) is 11.1 Å². The van der Waals surface area contributed by atoms with Crippen molar-refractivity contribution in [2.75, 3.05) is 11.9 Å². The van der Waals surface area contributed by atoms with E-state index in [1.807, 2.05) is 43.3 Å². The van der Waals surface area contributed by atoms with Gasteiger partial charge in [0.2, 0.25) is 5.91 Å². The Bertz CT molecular complexity index is 1420. The minimum Gasteiger partial charge on any atom is -0.507 e. The van der Waals surface area contributed by atoms with Crippen molar-refractivity contribution in [3.8, 4) is 28.4 Å². The van der Waals surface area contributed by atoms with Crippen LogP contribution in [0.1, 0.15) is 63.8 Å². The first-order chi connectivity index (χ1) is 17.5. The molecular formula is C31H34N2O4. The fraction of sp³-hybridized carbons (Fsp3) is 0.355. The third kappa shape index (κ3) is 4.80. The van der Waals surface area contributed by atoms with Crippen LogP contribution in [0.15, 0.2) is 53.5 Å². The number of amides is 1. The summed E-state index contributed by atoms with van der Waals surface area (Å²) in [5.74, 6) is 1.67. The summed E-state index contributed by atoms with van der Waals surface area (Å²) in [6, 6.07) is 15.2. The largest absolute Gasteiger partial charge is 0.507 e. The second-order valence-electron chi connectivity index (χ2n) is 11.1. The number of nitrogens with zero attached hydrogens (tertiary/aromatic N) is 1. The number of anilines is 1. The van der Waals surface area contributed by atoms with Gasteiger partial charge in [-0.05, 0) is 88.6 Å². The van der Waals surface area contributed by atoms with E-state index in [4.69, 9.17) is 14.5 Å². The van der Waals surface area contributed by atoms with E-state index in [0.717, 1.165) is 52.3 Å². The van der Waals surface area contributed by atoms with Crippen LogP contribution >= 0.6 is 0 Å². The molecule has 0 aliphatic carbocycles. The summed E-state index contributed by atoms with van der Waals surface area (Å²) in [6.07, 6.45) is 1.57. The molecule has 2 aliphatic rings. The number of carbonyl (C=O) groups is 1. The molecule has 37 heavy (non-hydrogen) atoms. The Morgan fingerprint density at radius 2 is 1.76 bits per heavy atom. The summed E-state index contributed by atoms with van der Waals surface area (Å²) in [4.78, 5) is 16.6. The highest BCUT2D eigenvalue weighted by Crippen LogP contribution is 2.48. The third-order valence-corrected chi connectivity index (χ3v) is 6.77. The summed E-state index contributed by atoms with van der Waals surface area (Å²) in [5.41, 5.74) is 6.92. The van der Waals surface area contributed by atoms with Gasteiger partial charge in [-0.25, -0.2) is 0 Å². The van der Waals surface area contributed by atoms with Crippen LogP contribution in [0.2, 0.25) is 0 Å². The number of hydrogen-bond acceptors (Lipinski definition) is 5. The van der Waals surface area contributed by atoms with E-state index >= 15 is 0 Å². The Hall–Kier alpha value is -3.80. The zero-order valence-corrected chi connectivity index (χ0v) is 22.4. The standard InChI is InChI=1S/C31H34N2O4/c1-7-36-26-15-21-16-30(3,4)33-28(27(21)24-17-31(5,6)37-29(24)26)20-10-13-25(35)23(14-20)19-8-11-22(12-9-19)32-18(2)34/h8-15,35H,7,16-17H2,1-6H3,(H,32,34). The van der Waals surface area contributed by atoms with E-state index in [9.17, 15) is 9.90 Å². The second-order valence-corrected chi connectivity index (χ2v) is 11.1. The normalized spacial score (nSPS) is 16.8. The Labute approximate surface area is 218 Å². The predicted octanol–water partition coefficient (Wildman–Crippen LogP) is 6.30. The van der Waals surface area contributed by atoms with E-state index in [2.05, 4.69) is 39.1 Å². The lowest BCUT2D eigenvalue weighted by Gasteiger charge is -2.31. The highest BCUT2D eigenvalue weighted by molar-refractivity contribution is 6.16. The molecule has 0 aromatic heterocycles. The molecule has 3 aromatic rings. The lowest BCUT2D eigenvalue weighted by Crippen LogP contribution is -2.30. The molecule has 0 atom stereocenters. The molecular weight excluding hydrogens is 464 g/mol. The molecule has 0 saturated heterocycles. The fourth-order valence-corrected chi connectivity index (χ4v) is 5.39. The van der Waals surface area contributed by atoms with Gasteiger partial charge in [-0.15, -0.1) is 0 Å². The molecule has 2 N–H and O–H groups in total. The number of hydrogen-bond donors (Lipinski definition) is 2. The van der Waals surface area contributed by atoms with Crippen LogP contribution in [0.5, 0.6) is 17.2 Å². The Morgan fingerprint density at radius 3 is 2.43 bits per heavy atom. The smallest absolute Gasteiger partial charge is 0.221 e. The number of carbonyl (C=O) groups excluding carboxylic acids is 1. The van der Waals surface area contributed by atoms with Crippen molar-refractivity contribution in [3.63, 3.8) is 0 Å². The molecule has 0 unspecified atom stereocenters. The van der Waals surface area contributed by atoms with Crippen LogP contribution in [-0.2, 0) is 17.6 Å². The van der Waals surface area contributed by atoms with Gasteiger partial charge >= 0.3 is 0 Å². The molecule has 0 radical (unpaired) electrons. The summed E-state index contributed by atoms with van der Waals surface area (Å²) >= 11 is 0. The van der Waals surface area contributed by atoms with Crippen LogP contribution in [0, 0.1) is 0 Å². The maximum Gasteiger partial charge on any atom is 0.221 e. The van der Waals surface area contributed by atoms with Gasteiger partial charge in [0.15, 0.2) is 11.5 Å². The molecule has 0 fully saturated rings. The topological polar surface area (TPSA) is 80.1 Å². The summed E-state index contributed by atoms with van der Waals surface area (Å²) in [5, 5.41) is 13.6. The van der Waals surface area contributed by atoms with Gasteiger partial charge in [-0.3, -0.25) is 9.79 Å². The van der Waals surface area contributed by atoms with E-state index in [1.54, 1.807) is 6.07 Å². The molecule has 0 saturated carbocycles. The maximum absolute atomic E-state index is 11.4. The van der Waals surface area contributed by atoms with Gasteiger partial charge in [0.25, 0.3) is 0 Å². The highest BCUT2D eigenvalue weighted by atomic mass is 16.5. The van der Waals surface area contributed by atoms with Gasteiger partial charge in [-0.2, -0.15) is 0 Å². The van der Waals surface area contributed by atoms with Gasteiger partial charge in [0, 0.05) is 41.3 Å². The van der Waals surface area contributed by atoms with Crippen LogP contribution in [0.3, 0.4) is 0 Å². The van der Waals surface area contributed by atoms with Crippen molar-refractivity contribution in [1.82, 2.24) is 0 Å². The Morgan fingerprint density at radius 1 is 1.05 bits per heavy atom. The number of ether oxygens (including phenoxy) is 2. The zero-order chi connectivity index (χ0) is 26.5. The summed E-state index contributed by atoms with van der Waals surface area (Å²) in [6.45, 7) is 12.5. The monoisotopic (exact) mass is 498 g/mol. The lowest BCUT2D eigenvalue weighted by atomic mass is 9.80. The van der Waals surface area contributed by atoms with Gasteiger partial charge in [0.05, 0.1) is 17.9 Å². The van der Waals surface area contributed by atoms with E-state index in [0.29, 0.717) is 17.9 Å². The average Bonchev–Trinajstić information content (AvgIpc) is 3.14. The molecule has 2 aliphatic heterocycles. The molecule has 192 valence electrons. The van der Waals surface area contributed by atoms with E-state index < -0.39 is 0 Å². The molecule has 2 heterocycles. The fourth-order valence-electron chi connectivity index (χ4n) is 5.39. The van der Waals surface area contributed by atoms with E-state index in [1.165, 1.54) is 12.5 Å². The molecule has 5 rings (SSSR count). The maximum atomic E-state index is 11.4. The third-order valence-electron chi connectivity index (χ3n) is 6.77. The van der Waals surface area contributed by atoms with Gasteiger partial charge < -0.3 is 19.9 Å². The molecule has 1 amide bonds. The first-order valence-corrected chi connectivity index (χ1v) is 12.8. The van der Waals surface area contributed by atoms with E-state index in [-0.39, 0.29) is 22.8 Å². The highest BCUT2D eigenvalue weighted by Gasteiger charge is 2.39. The van der Waals surface area contributed by atoms with Crippen LogP contribution in [0.4, 0.5) is 5.69 Å². The molecule has 0 spiro atoms.